The second kappa shape index (κ2) is 7.35. The number of hydrogen-bond acceptors (Lipinski definition) is 4. The van der Waals surface area contributed by atoms with Gasteiger partial charge in [-0.3, -0.25) is 9.69 Å². The zero-order chi connectivity index (χ0) is 15.3. The largest absolute Gasteiger partial charge is 0.353 e. The van der Waals surface area contributed by atoms with Gasteiger partial charge < -0.3 is 5.32 Å². The summed E-state index contributed by atoms with van der Waals surface area (Å²) in [6.07, 6.45) is 0.903. The van der Waals surface area contributed by atoms with Crippen LogP contribution in [0.3, 0.4) is 0 Å². The fourth-order valence-corrected chi connectivity index (χ4v) is 3.06. The Kier molecular flexibility index (Phi) is 6.38. The molecule has 1 aliphatic heterocycles. The van der Waals surface area contributed by atoms with E-state index in [0.717, 1.165) is 6.42 Å². The van der Waals surface area contributed by atoms with Gasteiger partial charge in [-0.05, 0) is 13.3 Å². The molecule has 1 atom stereocenters. The van der Waals surface area contributed by atoms with Crippen molar-refractivity contribution in [2.24, 2.45) is 0 Å². The van der Waals surface area contributed by atoms with Crippen molar-refractivity contribution < 1.29 is 13.2 Å². The van der Waals surface area contributed by atoms with E-state index in [0.29, 0.717) is 32.7 Å². The summed E-state index contributed by atoms with van der Waals surface area (Å²) >= 11 is 0. The van der Waals surface area contributed by atoms with Crippen molar-refractivity contribution in [1.29, 1.82) is 0 Å². The molecule has 1 heterocycles. The fourth-order valence-electron chi connectivity index (χ4n) is 1.97. The van der Waals surface area contributed by atoms with Gasteiger partial charge in [-0.2, -0.15) is 17.0 Å². The second-order valence-corrected chi connectivity index (χ2v) is 7.48. The summed E-state index contributed by atoms with van der Waals surface area (Å²) in [4.78, 5) is 13.8. The predicted molar refractivity (Wildman–Crippen MR) is 78.5 cm³/mol. The molecule has 0 saturated carbocycles. The minimum absolute atomic E-state index is 0.00302. The van der Waals surface area contributed by atoms with Crippen LogP contribution in [-0.4, -0.2) is 80.7 Å². The minimum Gasteiger partial charge on any atom is -0.353 e. The Morgan fingerprint density at radius 3 is 2.25 bits per heavy atom. The van der Waals surface area contributed by atoms with Crippen molar-refractivity contribution in [3.05, 3.63) is 0 Å². The van der Waals surface area contributed by atoms with E-state index >= 15 is 0 Å². The maximum atomic E-state index is 12.0. The van der Waals surface area contributed by atoms with Crippen LogP contribution in [-0.2, 0) is 15.0 Å². The molecule has 1 saturated heterocycles. The van der Waals surface area contributed by atoms with Crippen molar-refractivity contribution >= 4 is 16.1 Å². The first-order valence-corrected chi connectivity index (χ1v) is 8.36. The molecular weight excluding hydrogens is 280 g/mol. The predicted octanol–water partition coefficient (Wildman–Crippen LogP) is -0.675. The smallest absolute Gasteiger partial charge is 0.281 e. The third kappa shape index (κ3) is 4.69. The standard InChI is InChI=1S/C12H26N4O3S/c1-5-11(2)13-12(17)10-15-6-8-16(9-7-15)20(18,19)14(3)4/h11H,5-10H2,1-4H3,(H,13,17)/t11-/m0/s1. The van der Waals surface area contributed by atoms with Crippen molar-refractivity contribution in [2.75, 3.05) is 46.8 Å². The van der Waals surface area contributed by atoms with Gasteiger partial charge >= 0.3 is 0 Å². The van der Waals surface area contributed by atoms with Crippen LogP contribution in [0.4, 0.5) is 0 Å². The summed E-state index contributed by atoms with van der Waals surface area (Å²) in [5.41, 5.74) is 0. The lowest BCUT2D eigenvalue weighted by Gasteiger charge is -2.34. The van der Waals surface area contributed by atoms with E-state index < -0.39 is 10.2 Å². The highest BCUT2D eigenvalue weighted by Crippen LogP contribution is 2.09. The SMILES string of the molecule is CC[C@H](C)NC(=O)CN1CCN(S(=O)(=O)N(C)C)CC1. The topological polar surface area (TPSA) is 73.0 Å². The molecule has 1 rings (SSSR count). The van der Waals surface area contributed by atoms with Gasteiger partial charge in [-0.1, -0.05) is 6.92 Å². The van der Waals surface area contributed by atoms with Crippen LogP contribution in [0.5, 0.6) is 0 Å². The molecule has 0 radical (unpaired) electrons. The van der Waals surface area contributed by atoms with Gasteiger partial charge in [0.2, 0.25) is 5.91 Å². The molecule has 0 unspecified atom stereocenters. The average molecular weight is 306 g/mol. The van der Waals surface area contributed by atoms with Crippen molar-refractivity contribution in [3.8, 4) is 0 Å². The Bertz CT molecular complexity index is 416. The normalized spacial score (nSPS) is 20.1. The highest BCUT2D eigenvalue weighted by atomic mass is 32.2. The number of piperazine rings is 1. The Morgan fingerprint density at radius 2 is 1.80 bits per heavy atom. The lowest BCUT2D eigenvalue weighted by atomic mass is 10.2. The lowest BCUT2D eigenvalue weighted by molar-refractivity contribution is -0.123. The van der Waals surface area contributed by atoms with Crippen LogP contribution in [0.2, 0.25) is 0 Å². The van der Waals surface area contributed by atoms with E-state index in [9.17, 15) is 13.2 Å². The zero-order valence-corrected chi connectivity index (χ0v) is 13.6. The van der Waals surface area contributed by atoms with Crippen molar-refractivity contribution in [1.82, 2.24) is 18.8 Å². The number of carbonyl (C=O) groups is 1. The highest BCUT2D eigenvalue weighted by molar-refractivity contribution is 7.86. The number of rotatable bonds is 6. The molecule has 8 heteroatoms. The summed E-state index contributed by atoms with van der Waals surface area (Å²) in [6.45, 7) is 6.35. The Morgan fingerprint density at radius 1 is 1.25 bits per heavy atom. The summed E-state index contributed by atoms with van der Waals surface area (Å²) in [7, 11) is -0.277. The van der Waals surface area contributed by atoms with Crippen LogP contribution in [0.15, 0.2) is 0 Å². The summed E-state index contributed by atoms with van der Waals surface area (Å²) in [6, 6.07) is 0.179. The van der Waals surface area contributed by atoms with E-state index in [1.54, 1.807) is 0 Å². The molecule has 20 heavy (non-hydrogen) atoms. The van der Waals surface area contributed by atoms with E-state index in [4.69, 9.17) is 0 Å². The van der Waals surface area contributed by atoms with Gasteiger partial charge in [0, 0.05) is 46.3 Å². The Labute approximate surface area is 122 Å². The summed E-state index contributed by atoms with van der Waals surface area (Å²) in [5, 5.41) is 2.92. The third-order valence-electron chi connectivity index (χ3n) is 3.51. The number of amides is 1. The Hall–Kier alpha value is -0.700. The van der Waals surface area contributed by atoms with Crippen LogP contribution < -0.4 is 5.32 Å². The molecular formula is C12H26N4O3S. The summed E-state index contributed by atoms with van der Waals surface area (Å²) in [5.74, 6) is 0.00302. The number of nitrogens with zero attached hydrogens (tertiary/aromatic N) is 3. The van der Waals surface area contributed by atoms with E-state index in [-0.39, 0.29) is 11.9 Å². The lowest BCUT2D eigenvalue weighted by Crippen LogP contribution is -2.53. The second-order valence-electron chi connectivity index (χ2n) is 5.34. The van der Waals surface area contributed by atoms with Gasteiger partial charge in [0.05, 0.1) is 6.54 Å². The van der Waals surface area contributed by atoms with Gasteiger partial charge in [-0.15, -0.1) is 0 Å². The number of hydrogen-bond donors (Lipinski definition) is 1. The van der Waals surface area contributed by atoms with E-state index in [2.05, 4.69) is 5.32 Å². The van der Waals surface area contributed by atoms with Crippen LogP contribution in [0.1, 0.15) is 20.3 Å². The van der Waals surface area contributed by atoms with E-state index in [1.807, 2.05) is 18.7 Å². The molecule has 7 nitrogen and oxygen atoms in total. The molecule has 0 spiro atoms. The zero-order valence-electron chi connectivity index (χ0n) is 12.8. The van der Waals surface area contributed by atoms with Crippen LogP contribution >= 0.6 is 0 Å². The van der Waals surface area contributed by atoms with E-state index in [1.165, 1.54) is 22.7 Å². The molecule has 1 aliphatic rings. The van der Waals surface area contributed by atoms with Gasteiger partial charge in [0.1, 0.15) is 0 Å². The molecule has 0 aromatic carbocycles. The average Bonchev–Trinajstić information content (AvgIpc) is 2.38. The first kappa shape index (κ1) is 17.4. The Balaban J connectivity index is 2.41. The molecule has 0 bridgehead atoms. The third-order valence-corrected chi connectivity index (χ3v) is 5.45. The number of nitrogens with one attached hydrogen (secondary N) is 1. The molecule has 1 amide bonds. The van der Waals surface area contributed by atoms with Crippen LogP contribution in [0.25, 0.3) is 0 Å². The molecule has 118 valence electrons. The molecule has 0 aromatic rings. The molecule has 0 aromatic heterocycles. The van der Waals surface area contributed by atoms with Crippen LogP contribution in [0, 0.1) is 0 Å². The van der Waals surface area contributed by atoms with Gasteiger partial charge in [0.15, 0.2) is 0 Å². The molecule has 1 fully saturated rings. The quantitative estimate of drug-likeness (QED) is 0.706. The van der Waals surface area contributed by atoms with Gasteiger partial charge in [0.25, 0.3) is 10.2 Å². The van der Waals surface area contributed by atoms with Crippen molar-refractivity contribution in [3.63, 3.8) is 0 Å². The monoisotopic (exact) mass is 306 g/mol. The van der Waals surface area contributed by atoms with Crippen molar-refractivity contribution in [2.45, 2.75) is 26.3 Å². The maximum Gasteiger partial charge on any atom is 0.281 e. The first-order chi connectivity index (χ1) is 9.27. The molecule has 1 N–H and O–H groups in total. The maximum absolute atomic E-state index is 12.0. The fraction of sp³-hybridized carbons (Fsp3) is 0.917. The highest BCUT2D eigenvalue weighted by Gasteiger charge is 2.29. The molecule has 0 aliphatic carbocycles. The summed E-state index contributed by atoms with van der Waals surface area (Å²) < 4.78 is 26.6. The first-order valence-electron chi connectivity index (χ1n) is 6.96. The minimum atomic E-state index is -3.34. The number of carbonyl (C=O) groups excluding carboxylic acids is 1. The van der Waals surface area contributed by atoms with Gasteiger partial charge in [-0.25, -0.2) is 0 Å².